The lowest BCUT2D eigenvalue weighted by atomic mass is 9.91. The molecule has 0 fully saturated rings. The highest BCUT2D eigenvalue weighted by atomic mass is 15.1. The standard InChI is InChI=1S/C46H31N/c1-2-16-34-30-36(29-28-32(34)14-1)47(45-26-11-9-23-42(45)40-25-13-18-33-15-3-5-19-37(33)40)46-27-12-10-24-43(46)44-31-35-17-4-6-20-38(35)39-21-7-8-22-41(39)44/h1-31H. The quantitative estimate of drug-likeness (QED) is 0.178. The highest BCUT2D eigenvalue weighted by Gasteiger charge is 2.22. The van der Waals surface area contributed by atoms with Gasteiger partial charge < -0.3 is 4.90 Å². The van der Waals surface area contributed by atoms with Gasteiger partial charge >= 0.3 is 0 Å². The van der Waals surface area contributed by atoms with Crippen LogP contribution in [0.1, 0.15) is 0 Å². The van der Waals surface area contributed by atoms with Gasteiger partial charge in [-0.25, -0.2) is 0 Å². The van der Waals surface area contributed by atoms with E-state index >= 15 is 0 Å². The topological polar surface area (TPSA) is 3.24 Å². The Morgan fingerprint density at radius 3 is 1.53 bits per heavy atom. The Bertz CT molecular complexity index is 2590. The van der Waals surface area contributed by atoms with E-state index in [1.165, 1.54) is 65.3 Å². The van der Waals surface area contributed by atoms with Crippen LogP contribution in [0.15, 0.2) is 188 Å². The van der Waals surface area contributed by atoms with E-state index in [-0.39, 0.29) is 0 Å². The summed E-state index contributed by atoms with van der Waals surface area (Å²) in [5, 5.41) is 9.96. The summed E-state index contributed by atoms with van der Waals surface area (Å²) >= 11 is 0. The van der Waals surface area contributed by atoms with Crippen LogP contribution in [0.3, 0.4) is 0 Å². The lowest BCUT2D eigenvalue weighted by Crippen LogP contribution is -2.12. The molecule has 0 spiro atoms. The van der Waals surface area contributed by atoms with Crippen LogP contribution in [0.4, 0.5) is 17.1 Å². The van der Waals surface area contributed by atoms with Crippen molar-refractivity contribution in [3.63, 3.8) is 0 Å². The Morgan fingerprint density at radius 1 is 0.255 bits per heavy atom. The summed E-state index contributed by atoms with van der Waals surface area (Å²) in [6.45, 7) is 0. The van der Waals surface area contributed by atoms with Crippen molar-refractivity contribution in [3.8, 4) is 22.3 Å². The van der Waals surface area contributed by atoms with Crippen LogP contribution in [0.5, 0.6) is 0 Å². The molecular formula is C46H31N. The number of anilines is 3. The molecule has 0 aliphatic rings. The summed E-state index contributed by atoms with van der Waals surface area (Å²) in [5.41, 5.74) is 8.22. The molecular weight excluding hydrogens is 567 g/mol. The van der Waals surface area contributed by atoms with E-state index < -0.39 is 0 Å². The average Bonchev–Trinajstić information content (AvgIpc) is 3.15. The van der Waals surface area contributed by atoms with E-state index in [0.29, 0.717) is 0 Å². The van der Waals surface area contributed by atoms with Gasteiger partial charge in [-0.2, -0.15) is 0 Å². The summed E-state index contributed by atoms with van der Waals surface area (Å²) < 4.78 is 0. The largest absolute Gasteiger partial charge is 0.309 e. The molecule has 9 aromatic rings. The van der Waals surface area contributed by atoms with Gasteiger partial charge in [0.2, 0.25) is 0 Å². The van der Waals surface area contributed by atoms with Gasteiger partial charge in [0.1, 0.15) is 0 Å². The van der Waals surface area contributed by atoms with Crippen molar-refractivity contribution in [2.75, 3.05) is 4.90 Å². The minimum atomic E-state index is 1.12. The molecule has 0 aromatic heterocycles. The summed E-state index contributed by atoms with van der Waals surface area (Å²) in [7, 11) is 0. The smallest absolute Gasteiger partial charge is 0.0540 e. The Kier molecular flexibility index (Phi) is 6.54. The minimum absolute atomic E-state index is 1.12. The number of fused-ring (bicyclic) bond motifs is 5. The maximum Gasteiger partial charge on any atom is 0.0540 e. The summed E-state index contributed by atoms with van der Waals surface area (Å²) in [6.07, 6.45) is 0. The van der Waals surface area contributed by atoms with Crippen LogP contribution in [0, 0.1) is 0 Å². The van der Waals surface area contributed by atoms with Crippen molar-refractivity contribution in [3.05, 3.63) is 188 Å². The molecule has 220 valence electrons. The fraction of sp³-hybridized carbons (Fsp3) is 0. The van der Waals surface area contributed by atoms with Crippen LogP contribution in [-0.4, -0.2) is 0 Å². The van der Waals surface area contributed by atoms with Gasteiger partial charge in [-0.1, -0.05) is 158 Å². The zero-order valence-corrected chi connectivity index (χ0v) is 25.8. The highest BCUT2D eigenvalue weighted by molar-refractivity contribution is 6.15. The first kappa shape index (κ1) is 27.2. The second-order valence-electron chi connectivity index (χ2n) is 12.1. The van der Waals surface area contributed by atoms with Crippen LogP contribution in [0.2, 0.25) is 0 Å². The van der Waals surface area contributed by atoms with Crippen LogP contribution >= 0.6 is 0 Å². The predicted octanol–water partition coefficient (Wildman–Crippen LogP) is 13.1. The van der Waals surface area contributed by atoms with Crippen molar-refractivity contribution in [1.29, 1.82) is 0 Å². The van der Waals surface area contributed by atoms with Crippen molar-refractivity contribution in [2.24, 2.45) is 0 Å². The number of hydrogen-bond acceptors (Lipinski definition) is 1. The molecule has 0 radical (unpaired) electrons. The molecule has 0 heterocycles. The molecule has 0 saturated carbocycles. The van der Waals surface area contributed by atoms with Crippen molar-refractivity contribution in [2.45, 2.75) is 0 Å². The molecule has 0 bridgehead atoms. The van der Waals surface area contributed by atoms with E-state index in [4.69, 9.17) is 0 Å². The third-order valence-electron chi connectivity index (χ3n) is 9.42. The van der Waals surface area contributed by atoms with E-state index in [1.807, 2.05) is 0 Å². The van der Waals surface area contributed by atoms with Crippen molar-refractivity contribution >= 4 is 60.2 Å². The Balaban J connectivity index is 1.36. The monoisotopic (exact) mass is 597 g/mol. The third kappa shape index (κ3) is 4.64. The maximum atomic E-state index is 2.46. The zero-order chi connectivity index (χ0) is 31.2. The number of para-hydroxylation sites is 2. The number of nitrogens with zero attached hydrogens (tertiary/aromatic N) is 1. The van der Waals surface area contributed by atoms with Gasteiger partial charge in [0.05, 0.1) is 11.4 Å². The van der Waals surface area contributed by atoms with Gasteiger partial charge in [0.25, 0.3) is 0 Å². The van der Waals surface area contributed by atoms with Gasteiger partial charge in [-0.3, -0.25) is 0 Å². The summed E-state index contributed by atoms with van der Waals surface area (Å²) in [5.74, 6) is 0. The number of benzene rings is 9. The van der Waals surface area contributed by atoms with Gasteiger partial charge in [-0.15, -0.1) is 0 Å². The number of rotatable bonds is 5. The fourth-order valence-electron chi connectivity index (χ4n) is 7.25. The van der Waals surface area contributed by atoms with Gasteiger partial charge in [0.15, 0.2) is 0 Å². The lowest BCUT2D eigenvalue weighted by molar-refractivity contribution is 1.29. The molecule has 0 aliphatic heterocycles. The molecule has 1 heteroatoms. The maximum absolute atomic E-state index is 2.46. The zero-order valence-electron chi connectivity index (χ0n) is 25.8. The molecule has 0 N–H and O–H groups in total. The second kappa shape index (κ2) is 11.3. The Hall–Kier alpha value is -6.18. The number of hydrogen-bond donors (Lipinski definition) is 0. The molecule has 47 heavy (non-hydrogen) atoms. The Labute approximate surface area is 274 Å². The molecule has 0 atom stereocenters. The van der Waals surface area contributed by atoms with E-state index in [2.05, 4.69) is 193 Å². The lowest BCUT2D eigenvalue weighted by Gasteiger charge is -2.30. The molecule has 0 amide bonds. The highest BCUT2D eigenvalue weighted by Crippen LogP contribution is 2.47. The molecule has 1 nitrogen and oxygen atoms in total. The first-order valence-corrected chi connectivity index (χ1v) is 16.2. The van der Waals surface area contributed by atoms with Crippen LogP contribution in [-0.2, 0) is 0 Å². The van der Waals surface area contributed by atoms with Crippen LogP contribution < -0.4 is 4.90 Å². The Morgan fingerprint density at radius 2 is 0.766 bits per heavy atom. The van der Waals surface area contributed by atoms with Gasteiger partial charge in [-0.05, 0) is 84.5 Å². The molecule has 9 aromatic carbocycles. The fourth-order valence-corrected chi connectivity index (χ4v) is 7.25. The summed E-state index contributed by atoms with van der Waals surface area (Å²) in [4.78, 5) is 2.46. The van der Waals surface area contributed by atoms with Crippen molar-refractivity contribution in [1.82, 2.24) is 0 Å². The predicted molar refractivity (Wildman–Crippen MR) is 202 cm³/mol. The average molecular weight is 598 g/mol. The molecule has 0 aliphatic carbocycles. The second-order valence-corrected chi connectivity index (χ2v) is 12.1. The molecule has 0 unspecified atom stereocenters. The molecule has 9 rings (SSSR count). The first-order chi connectivity index (χ1) is 23.3. The van der Waals surface area contributed by atoms with Crippen molar-refractivity contribution < 1.29 is 0 Å². The van der Waals surface area contributed by atoms with Crippen LogP contribution in [0.25, 0.3) is 65.3 Å². The summed E-state index contributed by atoms with van der Waals surface area (Å²) in [6, 6.07) is 68.4. The van der Waals surface area contributed by atoms with Gasteiger partial charge in [0, 0.05) is 16.8 Å². The first-order valence-electron chi connectivity index (χ1n) is 16.2. The van der Waals surface area contributed by atoms with E-state index in [0.717, 1.165) is 17.1 Å². The van der Waals surface area contributed by atoms with E-state index in [1.54, 1.807) is 0 Å². The normalized spacial score (nSPS) is 11.4. The minimum Gasteiger partial charge on any atom is -0.309 e. The third-order valence-corrected chi connectivity index (χ3v) is 9.42. The van der Waals surface area contributed by atoms with E-state index in [9.17, 15) is 0 Å². The SMILES string of the molecule is c1ccc(N(c2ccc3ccccc3c2)c2ccccc2-c2cc3ccccc3c3ccccc23)c(-c2cccc3ccccc23)c1. The molecule has 0 saturated heterocycles.